The molecule has 1 aromatic rings. The van der Waals surface area contributed by atoms with Crippen LogP contribution >= 0.6 is 11.8 Å². The summed E-state index contributed by atoms with van der Waals surface area (Å²) in [6, 6.07) is 6.28. The Bertz CT molecular complexity index is 287. The van der Waals surface area contributed by atoms with Gasteiger partial charge in [0.25, 0.3) is 0 Å². The molecule has 0 aliphatic heterocycles. The van der Waals surface area contributed by atoms with Gasteiger partial charge < -0.3 is 11.1 Å². The molecule has 0 radical (unpaired) electrons. The fourth-order valence-electron chi connectivity index (χ4n) is 1.39. The number of thioether (sulfide) groups is 1. The second-order valence-corrected chi connectivity index (χ2v) is 3.97. The van der Waals surface area contributed by atoms with Crippen molar-refractivity contribution >= 4 is 17.4 Å². The standard InChI is InChI=1S/C11H18N2S/c1-3-7-13-10-5-4-6-11(14-2)9(10)8-12/h4-6,13H,3,7-8,12H2,1-2H3. The Morgan fingerprint density at radius 1 is 1.43 bits per heavy atom. The van der Waals surface area contributed by atoms with E-state index in [1.807, 2.05) is 0 Å². The lowest BCUT2D eigenvalue weighted by molar-refractivity contribution is 0.960. The van der Waals surface area contributed by atoms with Gasteiger partial charge in [-0.1, -0.05) is 13.0 Å². The lowest BCUT2D eigenvalue weighted by Crippen LogP contribution is -2.07. The molecule has 0 aromatic heterocycles. The zero-order valence-electron chi connectivity index (χ0n) is 8.84. The Balaban J connectivity index is 2.90. The van der Waals surface area contributed by atoms with Gasteiger partial charge in [-0.3, -0.25) is 0 Å². The van der Waals surface area contributed by atoms with Gasteiger partial charge in [0.15, 0.2) is 0 Å². The minimum Gasteiger partial charge on any atom is -0.385 e. The number of hydrogen-bond donors (Lipinski definition) is 2. The van der Waals surface area contributed by atoms with Crippen LogP contribution in [0.2, 0.25) is 0 Å². The van der Waals surface area contributed by atoms with Crippen molar-refractivity contribution in [2.75, 3.05) is 18.1 Å². The third-order valence-electron chi connectivity index (χ3n) is 2.12. The van der Waals surface area contributed by atoms with Crippen LogP contribution in [0.15, 0.2) is 23.1 Å². The molecule has 0 heterocycles. The molecule has 0 aliphatic rings. The lowest BCUT2D eigenvalue weighted by Gasteiger charge is -2.13. The van der Waals surface area contributed by atoms with Crippen molar-refractivity contribution in [3.63, 3.8) is 0 Å². The van der Waals surface area contributed by atoms with Crippen LogP contribution in [-0.4, -0.2) is 12.8 Å². The molecule has 0 bridgehead atoms. The summed E-state index contributed by atoms with van der Waals surface area (Å²) in [7, 11) is 0. The monoisotopic (exact) mass is 210 g/mol. The smallest absolute Gasteiger partial charge is 0.0397 e. The molecule has 78 valence electrons. The Labute approximate surface area is 90.3 Å². The van der Waals surface area contributed by atoms with E-state index in [2.05, 4.69) is 36.7 Å². The first-order valence-corrected chi connectivity index (χ1v) is 6.15. The molecule has 14 heavy (non-hydrogen) atoms. The molecule has 3 heteroatoms. The van der Waals surface area contributed by atoms with Crippen LogP contribution < -0.4 is 11.1 Å². The van der Waals surface area contributed by atoms with Crippen LogP contribution in [0, 0.1) is 0 Å². The van der Waals surface area contributed by atoms with Crippen LogP contribution in [0.1, 0.15) is 18.9 Å². The van der Waals surface area contributed by atoms with E-state index in [1.165, 1.54) is 16.1 Å². The van der Waals surface area contributed by atoms with E-state index >= 15 is 0 Å². The highest BCUT2D eigenvalue weighted by Crippen LogP contribution is 2.26. The summed E-state index contributed by atoms with van der Waals surface area (Å²) in [5.41, 5.74) is 8.16. The average Bonchev–Trinajstić information content (AvgIpc) is 2.25. The van der Waals surface area contributed by atoms with Gasteiger partial charge in [-0.15, -0.1) is 11.8 Å². The number of nitrogens with two attached hydrogens (primary N) is 1. The minimum absolute atomic E-state index is 0.600. The van der Waals surface area contributed by atoms with Gasteiger partial charge in [0.05, 0.1) is 0 Å². The summed E-state index contributed by atoms with van der Waals surface area (Å²) in [6.45, 7) is 3.77. The predicted molar refractivity (Wildman–Crippen MR) is 64.9 cm³/mol. The quantitative estimate of drug-likeness (QED) is 0.734. The maximum Gasteiger partial charge on any atom is 0.0397 e. The molecule has 0 atom stereocenters. The van der Waals surface area contributed by atoms with Crippen molar-refractivity contribution in [3.05, 3.63) is 23.8 Å². The highest BCUT2D eigenvalue weighted by molar-refractivity contribution is 7.98. The molecule has 0 amide bonds. The topological polar surface area (TPSA) is 38.0 Å². The molecule has 0 aliphatic carbocycles. The van der Waals surface area contributed by atoms with Crippen molar-refractivity contribution in [2.45, 2.75) is 24.8 Å². The first-order chi connectivity index (χ1) is 6.83. The summed E-state index contributed by atoms with van der Waals surface area (Å²) in [5.74, 6) is 0. The molecule has 0 saturated carbocycles. The number of anilines is 1. The van der Waals surface area contributed by atoms with Crippen molar-refractivity contribution in [1.29, 1.82) is 0 Å². The van der Waals surface area contributed by atoms with Crippen molar-refractivity contribution in [3.8, 4) is 0 Å². The van der Waals surface area contributed by atoms with Crippen LogP contribution in [0.5, 0.6) is 0 Å². The normalized spacial score (nSPS) is 10.2. The van der Waals surface area contributed by atoms with E-state index in [9.17, 15) is 0 Å². The van der Waals surface area contributed by atoms with Gasteiger partial charge in [-0.25, -0.2) is 0 Å². The number of hydrogen-bond acceptors (Lipinski definition) is 3. The summed E-state index contributed by atoms with van der Waals surface area (Å²) < 4.78 is 0. The lowest BCUT2D eigenvalue weighted by atomic mass is 10.1. The van der Waals surface area contributed by atoms with Gasteiger partial charge in [-0.05, 0) is 24.8 Å². The van der Waals surface area contributed by atoms with Gasteiger partial charge in [0, 0.05) is 29.2 Å². The SMILES string of the molecule is CCCNc1cccc(SC)c1CN. The van der Waals surface area contributed by atoms with Crippen LogP contribution in [-0.2, 0) is 6.54 Å². The molecule has 0 unspecified atom stereocenters. The van der Waals surface area contributed by atoms with Gasteiger partial charge in [0.1, 0.15) is 0 Å². The van der Waals surface area contributed by atoms with Crippen molar-refractivity contribution in [1.82, 2.24) is 0 Å². The van der Waals surface area contributed by atoms with Crippen molar-refractivity contribution < 1.29 is 0 Å². The largest absolute Gasteiger partial charge is 0.385 e. The Morgan fingerprint density at radius 3 is 2.79 bits per heavy atom. The predicted octanol–water partition coefficient (Wildman–Crippen LogP) is 2.69. The highest BCUT2D eigenvalue weighted by Gasteiger charge is 2.04. The third kappa shape index (κ3) is 2.66. The van der Waals surface area contributed by atoms with Crippen LogP contribution in [0.3, 0.4) is 0 Å². The second kappa shape index (κ2) is 5.94. The maximum atomic E-state index is 5.75. The summed E-state index contributed by atoms with van der Waals surface area (Å²) in [4.78, 5) is 1.27. The molecule has 0 spiro atoms. The molecule has 1 rings (SSSR count). The van der Waals surface area contributed by atoms with Gasteiger partial charge in [-0.2, -0.15) is 0 Å². The Hall–Kier alpha value is -0.670. The average molecular weight is 210 g/mol. The van der Waals surface area contributed by atoms with Crippen molar-refractivity contribution in [2.24, 2.45) is 5.73 Å². The number of benzene rings is 1. The molecular formula is C11H18N2S. The van der Waals surface area contributed by atoms with E-state index in [1.54, 1.807) is 11.8 Å². The van der Waals surface area contributed by atoms with Gasteiger partial charge >= 0.3 is 0 Å². The fraction of sp³-hybridized carbons (Fsp3) is 0.455. The molecule has 2 nitrogen and oxygen atoms in total. The van der Waals surface area contributed by atoms with E-state index < -0.39 is 0 Å². The first-order valence-electron chi connectivity index (χ1n) is 4.93. The number of rotatable bonds is 5. The zero-order chi connectivity index (χ0) is 10.4. The van der Waals surface area contributed by atoms with Crippen LogP contribution in [0.4, 0.5) is 5.69 Å². The molecule has 0 fully saturated rings. The third-order valence-corrected chi connectivity index (χ3v) is 2.94. The summed E-state index contributed by atoms with van der Waals surface area (Å²) >= 11 is 1.75. The fourth-order valence-corrected chi connectivity index (χ4v) is 2.05. The second-order valence-electron chi connectivity index (χ2n) is 3.12. The molecule has 0 saturated heterocycles. The van der Waals surface area contributed by atoms with Crippen LogP contribution in [0.25, 0.3) is 0 Å². The van der Waals surface area contributed by atoms with E-state index in [-0.39, 0.29) is 0 Å². The van der Waals surface area contributed by atoms with E-state index in [4.69, 9.17) is 5.73 Å². The molecular weight excluding hydrogens is 192 g/mol. The number of nitrogens with one attached hydrogen (secondary N) is 1. The summed E-state index contributed by atoms with van der Waals surface area (Å²) in [5, 5.41) is 3.40. The van der Waals surface area contributed by atoms with Gasteiger partial charge in [0.2, 0.25) is 0 Å². The molecule has 3 N–H and O–H groups in total. The summed E-state index contributed by atoms with van der Waals surface area (Å²) in [6.07, 6.45) is 3.21. The van der Waals surface area contributed by atoms with E-state index in [0.29, 0.717) is 6.54 Å². The Morgan fingerprint density at radius 2 is 2.21 bits per heavy atom. The maximum absolute atomic E-state index is 5.75. The first kappa shape index (κ1) is 11.4. The Kier molecular flexibility index (Phi) is 4.84. The highest BCUT2D eigenvalue weighted by atomic mass is 32.2. The molecule has 1 aromatic carbocycles. The van der Waals surface area contributed by atoms with E-state index in [0.717, 1.165) is 13.0 Å². The zero-order valence-corrected chi connectivity index (χ0v) is 9.66. The minimum atomic E-state index is 0.600.